The van der Waals surface area contributed by atoms with Gasteiger partial charge in [-0.05, 0) is 36.5 Å². The topological polar surface area (TPSA) is 75.6 Å². The Balaban J connectivity index is 1.96. The second kappa shape index (κ2) is 6.25. The van der Waals surface area contributed by atoms with Gasteiger partial charge in [-0.25, -0.2) is 4.79 Å². The van der Waals surface area contributed by atoms with Crippen molar-refractivity contribution in [3.05, 3.63) is 29.8 Å². The molecule has 1 atom stereocenters. The minimum atomic E-state index is -4.80. The summed E-state index contributed by atoms with van der Waals surface area (Å²) >= 11 is 0. The summed E-state index contributed by atoms with van der Waals surface area (Å²) in [5, 5.41) is 11.4. The zero-order valence-corrected chi connectivity index (χ0v) is 11.4. The number of halogens is 3. The van der Waals surface area contributed by atoms with Crippen molar-refractivity contribution in [2.45, 2.75) is 31.7 Å². The molecule has 120 valence electrons. The summed E-state index contributed by atoms with van der Waals surface area (Å²) in [4.78, 5) is 22.8. The fraction of sp³-hybridized carbons (Fsp3) is 0.429. The van der Waals surface area contributed by atoms with Crippen LogP contribution in [0.25, 0.3) is 0 Å². The fourth-order valence-electron chi connectivity index (χ4n) is 2.07. The number of carboxylic acids is 1. The molecule has 2 rings (SSSR count). The van der Waals surface area contributed by atoms with Gasteiger partial charge in [-0.3, -0.25) is 4.79 Å². The van der Waals surface area contributed by atoms with Crippen molar-refractivity contribution in [2.24, 2.45) is 5.92 Å². The first-order valence-electron chi connectivity index (χ1n) is 6.61. The fourth-order valence-corrected chi connectivity index (χ4v) is 2.07. The summed E-state index contributed by atoms with van der Waals surface area (Å²) in [6.07, 6.45) is -3.54. The third-order valence-corrected chi connectivity index (χ3v) is 3.17. The van der Waals surface area contributed by atoms with Gasteiger partial charge in [0.05, 0.1) is 6.42 Å². The van der Waals surface area contributed by atoms with Gasteiger partial charge in [-0.15, -0.1) is 13.2 Å². The Morgan fingerprint density at radius 2 is 2.05 bits per heavy atom. The second-order valence-electron chi connectivity index (χ2n) is 5.09. The minimum absolute atomic E-state index is 0.0682. The lowest BCUT2D eigenvalue weighted by molar-refractivity contribution is -0.274. The van der Waals surface area contributed by atoms with Crippen LogP contribution in [0.3, 0.4) is 0 Å². The lowest BCUT2D eigenvalue weighted by Crippen LogP contribution is -2.43. The maximum atomic E-state index is 12.1. The van der Waals surface area contributed by atoms with E-state index in [1.165, 1.54) is 12.1 Å². The highest BCUT2D eigenvalue weighted by atomic mass is 19.4. The number of alkyl halides is 3. The Morgan fingerprint density at radius 3 is 2.59 bits per heavy atom. The highest BCUT2D eigenvalue weighted by Crippen LogP contribution is 2.32. The molecule has 1 saturated carbocycles. The molecule has 1 aliphatic rings. The maximum Gasteiger partial charge on any atom is 0.573 e. The van der Waals surface area contributed by atoms with E-state index in [0.717, 1.165) is 25.0 Å². The molecule has 0 aromatic heterocycles. The van der Waals surface area contributed by atoms with E-state index in [1.54, 1.807) is 0 Å². The summed E-state index contributed by atoms with van der Waals surface area (Å²) in [6.45, 7) is 0. The van der Waals surface area contributed by atoms with Gasteiger partial charge in [-0.1, -0.05) is 12.1 Å². The van der Waals surface area contributed by atoms with Gasteiger partial charge in [0, 0.05) is 0 Å². The zero-order chi connectivity index (χ0) is 16.3. The van der Waals surface area contributed by atoms with Crippen molar-refractivity contribution >= 4 is 11.9 Å². The van der Waals surface area contributed by atoms with Gasteiger partial charge in [0.2, 0.25) is 5.91 Å². The number of ether oxygens (including phenoxy) is 1. The van der Waals surface area contributed by atoms with Gasteiger partial charge in [-0.2, -0.15) is 0 Å². The van der Waals surface area contributed by atoms with Gasteiger partial charge in [0.25, 0.3) is 0 Å². The number of benzene rings is 1. The Labute approximate surface area is 124 Å². The summed E-state index contributed by atoms with van der Waals surface area (Å²) in [7, 11) is 0. The van der Waals surface area contributed by atoms with E-state index in [-0.39, 0.29) is 12.3 Å². The quantitative estimate of drug-likeness (QED) is 0.842. The molecule has 0 heterocycles. The summed E-state index contributed by atoms with van der Waals surface area (Å²) in [5.74, 6) is -2.15. The number of carbonyl (C=O) groups excluding carboxylic acids is 1. The lowest BCUT2D eigenvalue weighted by Gasteiger charge is -2.14. The van der Waals surface area contributed by atoms with Crippen molar-refractivity contribution in [1.82, 2.24) is 5.32 Å². The second-order valence-corrected chi connectivity index (χ2v) is 5.09. The first kappa shape index (κ1) is 16.1. The molecule has 8 heteroatoms. The van der Waals surface area contributed by atoms with Crippen LogP contribution in [-0.2, 0) is 16.0 Å². The predicted octanol–water partition coefficient (Wildman–Crippen LogP) is 2.11. The van der Waals surface area contributed by atoms with Crippen LogP contribution in [0.15, 0.2) is 24.3 Å². The molecule has 1 fully saturated rings. The van der Waals surface area contributed by atoms with E-state index in [0.29, 0.717) is 5.56 Å². The number of rotatable bonds is 6. The van der Waals surface area contributed by atoms with Crippen molar-refractivity contribution in [1.29, 1.82) is 0 Å². The van der Waals surface area contributed by atoms with E-state index in [4.69, 9.17) is 5.11 Å². The molecule has 1 aromatic carbocycles. The van der Waals surface area contributed by atoms with Crippen LogP contribution >= 0.6 is 0 Å². The number of hydrogen-bond acceptors (Lipinski definition) is 3. The molecule has 0 bridgehead atoms. The molecule has 0 spiro atoms. The van der Waals surface area contributed by atoms with Gasteiger partial charge in [0.1, 0.15) is 11.8 Å². The Hall–Kier alpha value is -2.25. The number of carbonyl (C=O) groups is 2. The summed E-state index contributed by atoms with van der Waals surface area (Å²) in [6, 6.07) is 4.08. The summed E-state index contributed by atoms with van der Waals surface area (Å²) in [5.41, 5.74) is 0.305. The Bertz CT molecular complexity index is 569. The largest absolute Gasteiger partial charge is 0.573 e. The lowest BCUT2D eigenvalue weighted by atomic mass is 10.1. The van der Waals surface area contributed by atoms with E-state index in [2.05, 4.69) is 10.1 Å². The summed E-state index contributed by atoms with van der Waals surface area (Å²) < 4.78 is 40.1. The molecular formula is C14H14F3NO4. The minimum Gasteiger partial charge on any atom is -0.480 e. The molecule has 22 heavy (non-hydrogen) atoms. The van der Waals surface area contributed by atoms with Crippen molar-refractivity contribution in [3.8, 4) is 5.75 Å². The van der Waals surface area contributed by atoms with E-state index >= 15 is 0 Å². The van der Waals surface area contributed by atoms with E-state index in [9.17, 15) is 22.8 Å². The van der Waals surface area contributed by atoms with Crippen LogP contribution in [-0.4, -0.2) is 29.4 Å². The van der Waals surface area contributed by atoms with Crippen LogP contribution in [0.4, 0.5) is 13.2 Å². The van der Waals surface area contributed by atoms with Gasteiger partial charge < -0.3 is 15.2 Å². The zero-order valence-electron chi connectivity index (χ0n) is 11.4. The molecule has 1 aliphatic carbocycles. The van der Waals surface area contributed by atoms with Crippen LogP contribution in [0.5, 0.6) is 5.75 Å². The molecule has 2 N–H and O–H groups in total. The van der Waals surface area contributed by atoms with Crippen molar-refractivity contribution < 1.29 is 32.6 Å². The monoisotopic (exact) mass is 317 g/mol. The van der Waals surface area contributed by atoms with Crippen LogP contribution in [0.2, 0.25) is 0 Å². The molecule has 0 saturated heterocycles. The van der Waals surface area contributed by atoms with Crippen LogP contribution in [0, 0.1) is 5.92 Å². The molecular weight excluding hydrogens is 303 g/mol. The highest BCUT2D eigenvalue weighted by Gasteiger charge is 2.37. The number of carboxylic acid groups (broad SMARTS) is 1. The predicted molar refractivity (Wildman–Crippen MR) is 69.1 cm³/mol. The van der Waals surface area contributed by atoms with Crippen molar-refractivity contribution in [3.63, 3.8) is 0 Å². The Kier molecular flexibility index (Phi) is 4.58. The van der Waals surface area contributed by atoms with Crippen LogP contribution in [0.1, 0.15) is 18.4 Å². The average Bonchev–Trinajstić information content (AvgIpc) is 3.18. The highest BCUT2D eigenvalue weighted by molar-refractivity contribution is 5.85. The first-order chi connectivity index (χ1) is 10.2. The van der Waals surface area contributed by atoms with E-state index < -0.39 is 30.0 Å². The number of hydrogen-bond donors (Lipinski definition) is 2. The molecule has 5 nitrogen and oxygen atoms in total. The Morgan fingerprint density at radius 1 is 1.36 bits per heavy atom. The average molecular weight is 317 g/mol. The third-order valence-electron chi connectivity index (χ3n) is 3.17. The number of amides is 1. The SMILES string of the molecule is O=C(Cc1cccc(OC(F)(F)F)c1)NC(C(=O)O)C1CC1. The number of aliphatic carboxylic acids is 1. The molecule has 1 unspecified atom stereocenters. The number of nitrogens with one attached hydrogen (secondary N) is 1. The normalized spacial score (nSPS) is 16.0. The van der Waals surface area contributed by atoms with Crippen molar-refractivity contribution in [2.75, 3.05) is 0 Å². The standard InChI is InChI=1S/C14H14F3NO4/c15-14(16,17)22-10-3-1-2-8(6-10)7-11(19)18-12(13(20)21)9-4-5-9/h1-3,6,9,12H,4-5,7H2,(H,18,19)(H,20,21). The third kappa shape index (κ3) is 4.94. The maximum absolute atomic E-state index is 12.1. The van der Waals surface area contributed by atoms with Gasteiger partial charge >= 0.3 is 12.3 Å². The van der Waals surface area contributed by atoms with E-state index in [1.807, 2.05) is 0 Å². The molecule has 1 aromatic rings. The van der Waals surface area contributed by atoms with Crippen LogP contribution < -0.4 is 10.1 Å². The smallest absolute Gasteiger partial charge is 0.480 e. The molecule has 0 aliphatic heterocycles. The molecule has 0 radical (unpaired) electrons. The first-order valence-corrected chi connectivity index (χ1v) is 6.61. The van der Waals surface area contributed by atoms with Gasteiger partial charge in [0.15, 0.2) is 0 Å². The molecule has 1 amide bonds.